The molecule has 1 aliphatic heterocycles. The molecule has 1 aliphatic carbocycles. The van der Waals surface area contributed by atoms with E-state index in [1.165, 1.54) is 30.5 Å². The van der Waals surface area contributed by atoms with Crippen LogP contribution in [0.15, 0.2) is 23.4 Å². The van der Waals surface area contributed by atoms with Crippen LogP contribution in [0.5, 0.6) is 0 Å². The van der Waals surface area contributed by atoms with E-state index in [0.29, 0.717) is 12.1 Å². The maximum absolute atomic E-state index is 3.59. The molecule has 1 N–H and O–H groups in total. The number of hydrogen-bond donors (Lipinski definition) is 1. The molecule has 0 saturated carbocycles. The standard InChI is InChI=1S/C14H24N2/c1-11-6-4-5-7-14(8-11)16-9-12(2)15-13(3)10-16/h7-8,12-13,15H,4-6,9-10H2,1-3H3. The van der Waals surface area contributed by atoms with Crippen molar-refractivity contribution in [3.63, 3.8) is 0 Å². The molecular formula is C14H24N2. The van der Waals surface area contributed by atoms with Gasteiger partial charge < -0.3 is 10.2 Å². The summed E-state index contributed by atoms with van der Waals surface area (Å²) in [5.74, 6) is 0. The van der Waals surface area contributed by atoms with Crippen molar-refractivity contribution in [2.24, 2.45) is 0 Å². The summed E-state index contributed by atoms with van der Waals surface area (Å²) in [6.45, 7) is 9.08. The first-order chi connectivity index (χ1) is 7.65. The van der Waals surface area contributed by atoms with E-state index in [-0.39, 0.29) is 0 Å². The van der Waals surface area contributed by atoms with Gasteiger partial charge in [-0.15, -0.1) is 0 Å². The zero-order chi connectivity index (χ0) is 11.5. The molecule has 0 radical (unpaired) electrons. The quantitative estimate of drug-likeness (QED) is 0.731. The van der Waals surface area contributed by atoms with Gasteiger partial charge >= 0.3 is 0 Å². The normalized spacial score (nSPS) is 31.8. The predicted molar refractivity (Wildman–Crippen MR) is 69.3 cm³/mol. The van der Waals surface area contributed by atoms with Crippen molar-refractivity contribution < 1.29 is 0 Å². The van der Waals surface area contributed by atoms with E-state index >= 15 is 0 Å². The van der Waals surface area contributed by atoms with Gasteiger partial charge in [-0.2, -0.15) is 0 Å². The molecule has 0 aromatic rings. The van der Waals surface area contributed by atoms with Crippen molar-refractivity contribution in [1.29, 1.82) is 0 Å². The lowest BCUT2D eigenvalue weighted by Gasteiger charge is -2.38. The Bertz CT molecular complexity index is 294. The molecule has 0 spiro atoms. The summed E-state index contributed by atoms with van der Waals surface area (Å²) in [4.78, 5) is 2.54. The van der Waals surface area contributed by atoms with E-state index in [4.69, 9.17) is 0 Å². The van der Waals surface area contributed by atoms with E-state index in [0.717, 1.165) is 13.1 Å². The minimum atomic E-state index is 0.599. The van der Waals surface area contributed by atoms with Crippen LogP contribution in [-0.2, 0) is 0 Å². The van der Waals surface area contributed by atoms with E-state index in [1.807, 2.05) is 0 Å². The molecule has 90 valence electrons. The number of allylic oxidation sites excluding steroid dienone is 3. The third-order valence-electron chi connectivity index (χ3n) is 3.45. The van der Waals surface area contributed by atoms with Crippen LogP contribution in [-0.4, -0.2) is 30.1 Å². The monoisotopic (exact) mass is 220 g/mol. The molecule has 0 aromatic carbocycles. The second kappa shape index (κ2) is 5.05. The number of rotatable bonds is 1. The Morgan fingerprint density at radius 3 is 2.62 bits per heavy atom. The lowest BCUT2D eigenvalue weighted by molar-refractivity contribution is 0.220. The topological polar surface area (TPSA) is 15.3 Å². The summed E-state index contributed by atoms with van der Waals surface area (Å²) in [7, 11) is 0. The van der Waals surface area contributed by atoms with Gasteiger partial charge in [0.15, 0.2) is 0 Å². The molecule has 2 heteroatoms. The van der Waals surface area contributed by atoms with Crippen molar-refractivity contribution >= 4 is 0 Å². The SMILES string of the molecule is CC1=CC(N2CC(C)NC(C)C2)=CCCC1. The first kappa shape index (κ1) is 11.7. The van der Waals surface area contributed by atoms with E-state index < -0.39 is 0 Å². The van der Waals surface area contributed by atoms with Crippen molar-refractivity contribution in [2.75, 3.05) is 13.1 Å². The van der Waals surface area contributed by atoms with Gasteiger partial charge in [-0.1, -0.05) is 11.6 Å². The molecule has 2 atom stereocenters. The fourth-order valence-corrected chi connectivity index (χ4v) is 2.77. The van der Waals surface area contributed by atoms with Gasteiger partial charge in [0, 0.05) is 30.9 Å². The Hall–Kier alpha value is -0.760. The van der Waals surface area contributed by atoms with Crippen LogP contribution in [0.3, 0.4) is 0 Å². The molecule has 2 nitrogen and oxygen atoms in total. The fraction of sp³-hybridized carbons (Fsp3) is 0.714. The summed E-state index contributed by atoms with van der Waals surface area (Å²) >= 11 is 0. The highest BCUT2D eigenvalue weighted by Gasteiger charge is 2.21. The average Bonchev–Trinajstić information content (AvgIpc) is 2.41. The molecule has 0 aromatic heterocycles. The molecule has 2 aliphatic rings. The highest BCUT2D eigenvalue weighted by molar-refractivity contribution is 5.24. The van der Waals surface area contributed by atoms with Crippen LogP contribution in [0.4, 0.5) is 0 Å². The van der Waals surface area contributed by atoms with Gasteiger partial charge in [-0.3, -0.25) is 0 Å². The number of piperazine rings is 1. The third-order valence-corrected chi connectivity index (χ3v) is 3.45. The maximum Gasteiger partial charge on any atom is 0.0330 e. The Kier molecular flexibility index (Phi) is 3.70. The van der Waals surface area contributed by atoms with Gasteiger partial charge in [0.2, 0.25) is 0 Å². The van der Waals surface area contributed by atoms with Crippen LogP contribution < -0.4 is 5.32 Å². The smallest absolute Gasteiger partial charge is 0.0330 e. The average molecular weight is 220 g/mol. The van der Waals surface area contributed by atoms with Gasteiger partial charge in [0.25, 0.3) is 0 Å². The number of hydrogen-bond acceptors (Lipinski definition) is 2. The van der Waals surface area contributed by atoms with Crippen LogP contribution in [0.1, 0.15) is 40.0 Å². The Morgan fingerprint density at radius 2 is 1.94 bits per heavy atom. The summed E-state index contributed by atoms with van der Waals surface area (Å²) in [5, 5.41) is 3.59. The molecule has 1 saturated heterocycles. The highest BCUT2D eigenvalue weighted by atomic mass is 15.2. The molecule has 1 fully saturated rings. The van der Waals surface area contributed by atoms with E-state index in [9.17, 15) is 0 Å². The zero-order valence-electron chi connectivity index (χ0n) is 10.8. The lowest BCUT2D eigenvalue weighted by atomic mass is 10.1. The van der Waals surface area contributed by atoms with Crippen LogP contribution in [0.2, 0.25) is 0 Å². The highest BCUT2D eigenvalue weighted by Crippen LogP contribution is 2.21. The Balaban J connectivity index is 2.10. The van der Waals surface area contributed by atoms with Gasteiger partial charge in [0.05, 0.1) is 0 Å². The van der Waals surface area contributed by atoms with Crippen molar-refractivity contribution in [3.05, 3.63) is 23.4 Å². The Morgan fingerprint density at radius 1 is 1.25 bits per heavy atom. The second-order valence-electron chi connectivity index (χ2n) is 5.39. The number of nitrogens with one attached hydrogen (secondary N) is 1. The summed E-state index contributed by atoms with van der Waals surface area (Å²) < 4.78 is 0. The van der Waals surface area contributed by atoms with Crippen LogP contribution in [0.25, 0.3) is 0 Å². The van der Waals surface area contributed by atoms with Crippen molar-refractivity contribution in [1.82, 2.24) is 10.2 Å². The van der Waals surface area contributed by atoms with Crippen molar-refractivity contribution in [2.45, 2.75) is 52.1 Å². The van der Waals surface area contributed by atoms with Crippen molar-refractivity contribution in [3.8, 4) is 0 Å². The summed E-state index contributed by atoms with van der Waals surface area (Å²) in [6.07, 6.45) is 8.61. The molecule has 2 rings (SSSR count). The van der Waals surface area contributed by atoms with E-state index in [1.54, 1.807) is 0 Å². The Labute approximate surface area is 99.4 Å². The molecule has 0 bridgehead atoms. The molecule has 0 amide bonds. The minimum absolute atomic E-state index is 0.599. The van der Waals surface area contributed by atoms with E-state index in [2.05, 4.69) is 43.1 Å². The minimum Gasteiger partial charge on any atom is -0.369 e. The molecule has 2 unspecified atom stereocenters. The summed E-state index contributed by atoms with van der Waals surface area (Å²) in [5.41, 5.74) is 2.98. The molecule has 16 heavy (non-hydrogen) atoms. The number of nitrogens with zero attached hydrogens (tertiary/aromatic N) is 1. The first-order valence-corrected chi connectivity index (χ1v) is 6.53. The molecule has 1 heterocycles. The van der Waals surface area contributed by atoms with Gasteiger partial charge in [-0.25, -0.2) is 0 Å². The fourth-order valence-electron chi connectivity index (χ4n) is 2.77. The third kappa shape index (κ3) is 2.88. The molecular weight excluding hydrogens is 196 g/mol. The predicted octanol–water partition coefficient (Wildman–Crippen LogP) is 2.68. The van der Waals surface area contributed by atoms with Gasteiger partial charge in [0.1, 0.15) is 0 Å². The largest absolute Gasteiger partial charge is 0.369 e. The lowest BCUT2D eigenvalue weighted by Crippen LogP contribution is -2.53. The maximum atomic E-state index is 3.59. The first-order valence-electron chi connectivity index (χ1n) is 6.53. The zero-order valence-corrected chi connectivity index (χ0v) is 10.8. The van der Waals surface area contributed by atoms with Crippen LogP contribution in [0, 0.1) is 0 Å². The second-order valence-corrected chi connectivity index (χ2v) is 5.39. The summed E-state index contributed by atoms with van der Waals surface area (Å²) in [6, 6.07) is 1.20. The van der Waals surface area contributed by atoms with Gasteiger partial charge in [-0.05, 0) is 46.1 Å². The van der Waals surface area contributed by atoms with Crippen LogP contribution >= 0.6 is 0 Å².